The second kappa shape index (κ2) is 18.2. The molecule has 2 atom stereocenters. The van der Waals surface area contributed by atoms with Gasteiger partial charge in [0.05, 0.1) is 0 Å². The number of primary amides is 2. The van der Waals surface area contributed by atoms with E-state index in [1.54, 1.807) is 0 Å². The predicted molar refractivity (Wildman–Crippen MR) is 147 cm³/mol. The highest BCUT2D eigenvalue weighted by Gasteiger charge is 2.34. The van der Waals surface area contributed by atoms with Crippen LogP contribution in [-0.4, -0.2) is 73.1 Å². The Morgan fingerprint density at radius 1 is 0.769 bits per heavy atom. The fraction of sp³-hybridized carbons (Fsp3) is 0.778. The van der Waals surface area contributed by atoms with E-state index in [-0.39, 0.29) is 61.5 Å². The summed E-state index contributed by atoms with van der Waals surface area (Å²) in [6, 6.07) is 0. The van der Waals surface area contributed by atoms with Gasteiger partial charge in [-0.25, -0.2) is 0 Å². The molecule has 39 heavy (non-hydrogen) atoms. The van der Waals surface area contributed by atoms with Crippen molar-refractivity contribution in [2.24, 2.45) is 35.1 Å². The highest BCUT2D eigenvalue weighted by molar-refractivity contribution is 5.89. The normalized spacial score (nSPS) is 14.3. The van der Waals surface area contributed by atoms with E-state index >= 15 is 0 Å². The van der Waals surface area contributed by atoms with Crippen molar-refractivity contribution in [1.82, 2.24) is 20.9 Å². The van der Waals surface area contributed by atoms with Gasteiger partial charge in [-0.3, -0.25) is 28.8 Å². The van der Waals surface area contributed by atoms with E-state index in [0.29, 0.717) is 51.1 Å². The van der Waals surface area contributed by atoms with Crippen LogP contribution in [0.25, 0.3) is 0 Å². The van der Waals surface area contributed by atoms with Crippen molar-refractivity contribution in [3.05, 3.63) is 0 Å². The summed E-state index contributed by atoms with van der Waals surface area (Å²) in [6.45, 7) is 5.52. The number of hydrogen-bond donors (Lipinski definition) is 5. The molecule has 1 aliphatic carbocycles. The number of nitrogens with zero attached hydrogens (tertiary/aromatic N) is 1. The summed E-state index contributed by atoms with van der Waals surface area (Å²) in [4.78, 5) is 73.0. The van der Waals surface area contributed by atoms with E-state index in [4.69, 9.17) is 11.5 Å². The molecular formula is C27H48N6O6. The lowest BCUT2D eigenvalue weighted by Gasteiger charge is -2.22. The molecule has 1 fully saturated rings. The molecule has 0 bridgehead atoms. The maximum absolute atomic E-state index is 12.7. The predicted octanol–water partition coefficient (Wildman–Crippen LogP) is 0.183. The summed E-state index contributed by atoms with van der Waals surface area (Å²) in [5.74, 6) is -1.85. The van der Waals surface area contributed by atoms with Crippen molar-refractivity contribution >= 4 is 35.4 Å². The zero-order chi connectivity index (χ0) is 29.4. The average molecular weight is 553 g/mol. The minimum Gasteiger partial charge on any atom is -0.369 e. The lowest BCUT2D eigenvalue weighted by atomic mass is 9.90. The zero-order valence-electron chi connectivity index (χ0n) is 23.8. The summed E-state index contributed by atoms with van der Waals surface area (Å²) in [5.41, 5.74) is 10.9. The number of amides is 6. The fourth-order valence-electron chi connectivity index (χ4n) is 4.54. The van der Waals surface area contributed by atoms with E-state index in [1.807, 2.05) is 13.8 Å². The molecule has 0 radical (unpaired) electrons. The smallest absolute Gasteiger partial charge is 0.239 e. The SMILES string of the molecule is CC(=O)NCCC(=O)N(CC(=O)NCCCCC(C(N)=O)C(C)C)CC(=O)NCCCCC(C(N)=O)C1CC1. The third-order valence-electron chi connectivity index (χ3n) is 6.99. The molecule has 0 spiro atoms. The van der Waals surface area contributed by atoms with Gasteiger partial charge in [-0.05, 0) is 50.4 Å². The molecule has 1 saturated carbocycles. The second-order valence-corrected chi connectivity index (χ2v) is 10.8. The summed E-state index contributed by atoms with van der Waals surface area (Å²) in [5, 5.41) is 8.05. The zero-order valence-corrected chi connectivity index (χ0v) is 23.8. The molecule has 222 valence electrons. The number of hydrogen-bond acceptors (Lipinski definition) is 6. The molecule has 0 aromatic heterocycles. The molecule has 1 rings (SSSR count). The van der Waals surface area contributed by atoms with Crippen molar-refractivity contribution in [3.8, 4) is 0 Å². The summed E-state index contributed by atoms with van der Waals surface area (Å²) in [6.07, 6.45) is 6.17. The minimum atomic E-state index is -0.427. The second-order valence-electron chi connectivity index (χ2n) is 10.8. The van der Waals surface area contributed by atoms with Crippen LogP contribution in [0.2, 0.25) is 0 Å². The number of nitrogens with two attached hydrogens (primary N) is 2. The first kappa shape index (κ1) is 33.8. The maximum Gasteiger partial charge on any atom is 0.239 e. The van der Waals surface area contributed by atoms with E-state index in [1.165, 1.54) is 11.8 Å². The number of unbranched alkanes of at least 4 members (excludes halogenated alkanes) is 2. The lowest BCUT2D eigenvalue weighted by molar-refractivity contribution is -0.139. The van der Waals surface area contributed by atoms with Gasteiger partial charge in [-0.15, -0.1) is 0 Å². The minimum absolute atomic E-state index is 0.0421. The van der Waals surface area contributed by atoms with Gasteiger partial charge in [0, 0.05) is 44.8 Å². The quantitative estimate of drug-likeness (QED) is 0.126. The molecule has 1 aliphatic rings. The number of carbonyl (C=O) groups excluding carboxylic acids is 6. The van der Waals surface area contributed by atoms with Gasteiger partial charge in [0.1, 0.15) is 13.1 Å². The first-order chi connectivity index (χ1) is 18.4. The van der Waals surface area contributed by atoms with Gasteiger partial charge in [0.2, 0.25) is 35.4 Å². The summed E-state index contributed by atoms with van der Waals surface area (Å²) >= 11 is 0. The van der Waals surface area contributed by atoms with Crippen molar-refractivity contribution in [2.45, 2.75) is 78.6 Å². The van der Waals surface area contributed by atoms with Crippen molar-refractivity contribution < 1.29 is 28.8 Å². The van der Waals surface area contributed by atoms with Gasteiger partial charge >= 0.3 is 0 Å². The first-order valence-electron chi connectivity index (χ1n) is 14.1. The van der Waals surface area contributed by atoms with E-state index < -0.39 is 17.7 Å². The number of carbonyl (C=O) groups is 6. The third-order valence-corrected chi connectivity index (χ3v) is 6.99. The number of nitrogens with one attached hydrogen (secondary N) is 3. The molecule has 6 amide bonds. The molecule has 2 unspecified atom stereocenters. The number of rotatable bonds is 21. The van der Waals surface area contributed by atoms with Crippen LogP contribution in [0, 0.1) is 23.7 Å². The van der Waals surface area contributed by atoms with Crippen LogP contribution in [0.15, 0.2) is 0 Å². The Labute approximate surface area is 231 Å². The van der Waals surface area contributed by atoms with Crippen LogP contribution >= 0.6 is 0 Å². The molecule has 12 heteroatoms. The van der Waals surface area contributed by atoms with Crippen LogP contribution in [0.3, 0.4) is 0 Å². The summed E-state index contributed by atoms with van der Waals surface area (Å²) in [7, 11) is 0. The average Bonchev–Trinajstić information content (AvgIpc) is 3.67. The van der Waals surface area contributed by atoms with Gasteiger partial charge < -0.3 is 32.3 Å². The fourth-order valence-corrected chi connectivity index (χ4v) is 4.54. The first-order valence-corrected chi connectivity index (χ1v) is 14.1. The van der Waals surface area contributed by atoms with Gasteiger partial charge in [0.15, 0.2) is 0 Å². The van der Waals surface area contributed by atoms with Crippen LogP contribution in [0.1, 0.15) is 78.6 Å². The Morgan fingerprint density at radius 3 is 1.74 bits per heavy atom. The molecule has 7 N–H and O–H groups in total. The molecule has 0 saturated heterocycles. The molecular weight excluding hydrogens is 504 g/mol. The van der Waals surface area contributed by atoms with Crippen molar-refractivity contribution in [3.63, 3.8) is 0 Å². The van der Waals surface area contributed by atoms with Crippen LogP contribution in [-0.2, 0) is 28.8 Å². The maximum atomic E-state index is 12.7. The van der Waals surface area contributed by atoms with Gasteiger partial charge in [0.25, 0.3) is 0 Å². The Morgan fingerprint density at radius 2 is 1.31 bits per heavy atom. The largest absolute Gasteiger partial charge is 0.369 e. The highest BCUT2D eigenvalue weighted by atomic mass is 16.2. The molecule has 0 aromatic carbocycles. The van der Waals surface area contributed by atoms with Gasteiger partial charge in [-0.2, -0.15) is 0 Å². The van der Waals surface area contributed by atoms with Crippen LogP contribution in [0.4, 0.5) is 0 Å². The Balaban J connectivity index is 2.47. The molecule has 0 aromatic rings. The standard InChI is InChI=1S/C27H48N6O6/c1-18(2)21(26(28)38)8-4-6-13-31-23(35)16-33(25(37)12-15-30-19(3)34)17-24(36)32-14-7-5-9-22(27(29)39)20-10-11-20/h18,20-22H,4-17H2,1-3H3,(H2,28,38)(H2,29,39)(H,30,34)(H,31,35)(H,32,36). The lowest BCUT2D eigenvalue weighted by Crippen LogP contribution is -2.46. The van der Waals surface area contributed by atoms with E-state index in [0.717, 1.165) is 19.3 Å². The van der Waals surface area contributed by atoms with Crippen LogP contribution < -0.4 is 27.4 Å². The van der Waals surface area contributed by atoms with Crippen molar-refractivity contribution in [2.75, 3.05) is 32.7 Å². The topological polar surface area (TPSA) is 194 Å². The molecule has 0 aliphatic heterocycles. The third kappa shape index (κ3) is 15.1. The highest BCUT2D eigenvalue weighted by Crippen LogP contribution is 2.39. The van der Waals surface area contributed by atoms with Gasteiger partial charge in [-0.1, -0.05) is 26.7 Å². The molecule has 0 heterocycles. The summed E-state index contributed by atoms with van der Waals surface area (Å²) < 4.78 is 0. The van der Waals surface area contributed by atoms with E-state index in [2.05, 4.69) is 16.0 Å². The Hall–Kier alpha value is -3.18. The molecule has 12 nitrogen and oxygen atoms in total. The monoisotopic (exact) mass is 552 g/mol. The van der Waals surface area contributed by atoms with Crippen molar-refractivity contribution in [1.29, 1.82) is 0 Å². The Kier molecular flexibility index (Phi) is 15.8. The van der Waals surface area contributed by atoms with E-state index in [9.17, 15) is 28.8 Å². The Bertz CT molecular complexity index is 801. The van der Waals surface area contributed by atoms with Crippen LogP contribution in [0.5, 0.6) is 0 Å².